The third-order valence-electron chi connectivity index (χ3n) is 2.78. The highest BCUT2D eigenvalue weighted by Gasteiger charge is 2.15. The molecule has 0 saturated carbocycles. The second kappa shape index (κ2) is 6.81. The van der Waals surface area contributed by atoms with E-state index in [1.165, 1.54) is 11.3 Å². The van der Waals surface area contributed by atoms with Gasteiger partial charge in [-0.25, -0.2) is 0 Å². The van der Waals surface area contributed by atoms with E-state index < -0.39 is 0 Å². The molecule has 1 heterocycles. The van der Waals surface area contributed by atoms with Crippen LogP contribution in [-0.2, 0) is 0 Å². The summed E-state index contributed by atoms with van der Waals surface area (Å²) in [6.07, 6.45) is 0.968. The summed E-state index contributed by atoms with van der Waals surface area (Å²) in [7, 11) is 0. The van der Waals surface area contributed by atoms with Crippen molar-refractivity contribution in [2.75, 3.05) is 17.2 Å². The van der Waals surface area contributed by atoms with Crippen LogP contribution in [0.2, 0.25) is 0 Å². The average Bonchev–Trinajstić information content (AvgIpc) is 2.94. The SMILES string of the molecule is CCCNc1nnc(C(=O)Nc2cccc(C)c2C#N)s1. The third kappa shape index (κ3) is 3.55. The number of amides is 1. The van der Waals surface area contributed by atoms with Crippen LogP contribution in [0.15, 0.2) is 18.2 Å². The summed E-state index contributed by atoms with van der Waals surface area (Å²) in [5, 5.41) is 23.6. The van der Waals surface area contributed by atoms with Gasteiger partial charge in [-0.2, -0.15) is 5.26 Å². The van der Waals surface area contributed by atoms with Crippen LogP contribution >= 0.6 is 11.3 Å². The van der Waals surface area contributed by atoms with Crippen molar-refractivity contribution >= 4 is 28.1 Å². The second-order valence-corrected chi connectivity index (χ2v) is 5.38. The van der Waals surface area contributed by atoms with Crippen molar-refractivity contribution in [3.8, 4) is 6.07 Å². The molecule has 0 spiro atoms. The number of hydrogen-bond acceptors (Lipinski definition) is 6. The molecular formula is C14H15N5OS. The molecule has 2 aromatic rings. The zero-order valence-corrected chi connectivity index (χ0v) is 12.6. The van der Waals surface area contributed by atoms with E-state index in [1.807, 2.05) is 19.9 Å². The highest BCUT2D eigenvalue weighted by Crippen LogP contribution is 2.21. The van der Waals surface area contributed by atoms with Gasteiger partial charge in [0.2, 0.25) is 10.1 Å². The van der Waals surface area contributed by atoms with Gasteiger partial charge in [-0.3, -0.25) is 4.79 Å². The lowest BCUT2D eigenvalue weighted by atomic mass is 10.1. The van der Waals surface area contributed by atoms with Crippen molar-refractivity contribution in [2.45, 2.75) is 20.3 Å². The topological polar surface area (TPSA) is 90.7 Å². The van der Waals surface area contributed by atoms with Crippen molar-refractivity contribution in [3.05, 3.63) is 34.3 Å². The van der Waals surface area contributed by atoms with Gasteiger partial charge < -0.3 is 10.6 Å². The van der Waals surface area contributed by atoms with Crippen LogP contribution in [0.1, 0.15) is 34.3 Å². The molecule has 7 heteroatoms. The number of nitrogens with one attached hydrogen (secondary N) is 2. The number of benzene rings is 1. The van der Waals surface area contributed by atoms with Gasteiger partial charge in [0.05, 0.1) is 11.3 Å². The highest BCUT2D eigenvalue weighted by atomic mass is 32.1. The van der Waals surface area contributed by atoms with Crippen LogP contribution in [-0.4, -0.2) is 22.6 Å². The Morgan fingerprint density at radius 3 is 2.95 bits per heavy atom. The monoisotopic (exact) mass is 301 g/mol. The predicted octanol–water partition coefficient (Wildman–Crippen LogP) is 2.79. The zero-order chi connectivity index (χ0) is 15.2. The smallest absolute Gasteiger partial charge is 0.286 e. The van der Waals surface area contributed by atoms with E-state index in [0.717, 1.165) is 18.5 Å². The molecule has 108 valence electrons. The first-order chi connectivity index (χ1) is 10.2. The van der Waals surface area contributed by atoms with Crippen LogP contribution in [0.5, 0.6) is 0 Å². The number of carbonyl (C=O) groups is 1. The Morgan fingerprint density at radius 1 is 1.43 bits per heavy atom. The number of rotatable bonds is 5. The Bertz CT molecular complexity index is 689. The summed E-state index contributed by atoms with van der Waals surface area (Å²) in [6.45, 7) is 4.65. The minimum absolute atomic E-state index is 0.263. The van der Waals surface area contributed by atoms with E-state index in [4.69, 9.17) is 5.26 Å². The number of nitrogens with zero attached hydrogens (tertiary/aromatic N) is 3. The number of aromatic nitrogens is 2. The molecule has 0 atom stereocenters. The molecule has 2 N–H and O–H groups in total. The molecule has 0 radical (unpaired) electrons. The van der Waals surface area contributed by atoms with E-state index in [9.17, 15) is 4.79 Å². The maximum atomic E-state index is 12.1. The van der Waals surface area contributed by atoms with Crippen LogP contribution in [0.25, 0.3) is 0 Å². The molecule has 0 aliphatic heterocycles. The minimum atomic E-state index is -0.362. The molecule has 1 amide bonds. The number of aryl methyl sites for hydroxylation is 1. The van der Waals surface area contributed by atoms with Gasteiger partial charge in [-0.15, -0.1) is 10.2 Å². The Morgan fingerprint density at radius 2 is 2.24 bits per heavy atom. The molecular weight excluding hydrogens is 286 g/mol. The normalized spacial score (nSPS) is 9.95. The van der Waals surface area contributed by atoms with Gasteiger partial charge in [0.1, 0.15) is 6.07 Å². The second-order valence-electron chi connectivity index (χ2n) is 4.40. The van der Waals surface area contributed by atoms with E-state index in [1.54, 1.807) is 12.1 Å². The lowest BCUT2D eigenvalue weighted by Crippen LogP contribution is -2.13. The Hall–Kier alpha value is -2.46. The molecule has 6 nitrogen and oxygen atoms in total. The van der Waals surface area contributed by atoms with Gasteiger partial charge in [-0.05, 0) is 25.0 Å². The fourth-order valence-electron chi connectivity index (χ4n) is 1.71. The quantitative estimate of drug-likeness (QED) is 0.886. The number of hydrogen-bond donors (Lipinski definition) is 2. The first-order valence-corrected chi connectivity index (χ1v) is 7.35. The zero-order valence-electron chi connectivity index (χ0n) is 11.8. The number of anilines is 2. The summed E-state index contributed by atoms with van der Waals surface area (Å²) in [4.78, 5) is 12.1. The van der Waals surface area contributed by atoms with E-state index in [2.05, 4.69) is 26.9 Å². The van der Waals surface area contributed by atoms with Crippen LogP contribution in [0.4, 0.5) is 10.8 Å². The van der Waals surface area contributed by atoms with Crippen molar-refractivity contribution in [2.24, 2.45) is 0 Å². The molecule has 21 heavy (non-hydrogen) atoms. The van der Waals surface area contributed by atoms with Crippen LogP contribution in [0.3, 0.4) is 0 Å². The fraction of sp³-hybridized carbons (Fsp3) is 0.286. The molecule has 1 aromatic carbocycles. The summed E-state index contributed by atoms with van der Waals surface area (Å²) < 4.78 is 0. The average molecular weight is 301 g/mol. The Labute approximate surface area is 126 Å². The standard InChI is InChI=1S/C14H15N5OS/c1-3-7-16-14-19-18-13(21-14)12(20)17-11-6-4-5-9(2)10(11)8-15/h4-6H,3,7H2,1-2H3,(H,16,19)(H,17,20). The lowest BCUT2D eigenvalue weighted by Gasteiger charge is -2.06. The molecule has 0 fully saturated rings. The summed E-state index contributed by atoms with van der Waals surface area (Å²) in [5.74, 6) is -0.362. The predicted molar refractivity (Wildman–Crippen MR) is 82.5 cm³/mol. The molecule has 0 aliphatic rings. The Balaban J connectivity index is 2.13. The summed E-state index contributed by atoms with van der Waals surface area (Å²) in [5.41, 5.74) is 1.76. The van der Waals surface area contributed by atoms with Crippen LogP contribution < -0.4 is 10.6 Å². The van der Waals surface area contributed by atoms with Crippen molar-refractivity contribution < 1.29 is 4.79 Å². The molecule has 0 saturated heterocycles. The molecule has 0 bridgehead atoms. The largest absolute Gasteiger partial charge is 0.360 e. The van der Waals surface area contributed by atoms with Crippen molar-refractivity contribution in [1.29, 1.82) is 5.26 Å². The molecule has 1 aromatic heterocycles. The van der Waals surface area contributed by atoms with E-state index >= 15 is 0 Å². The lowest BCUT2D eigenvalue weighted by molar-refractivity contribution is 0.102. The first-order valence-electron chi connectivity index (χ1n) is 6.54. The van der Waals surface area contributed by atoms with Gasteiger partial charge in [0.15, 0.2) is 0 Å². The molecule has 2 rings (SSSR count). The van der Waals surface area contributed by atoms with E-state index in [-0.39, 0.29) is 10.9 Å². The number of nitriles is 1. The van der Waals surface area contributed by atoms with Crippen molar-refractivity contribution in [3.63, 3.8) is 0 Å². The fourth-order valence-corrected chi connectivity index (χ4v) is 2.38. The summed E-state index contributed by atoms with van der Waals surface area (Å²) in [6, 6.07) is 7.41. The van der Waals surface area contributed by atoms with Crippen LogP contribution in [0, 0.1) is 18.3 Å². The molecule has 0 unspecified atom stereocenters. The maximum absolute atomic E-state index is 12.1. The Kier molecular flexibility index (Phi) is 4.85. The molecule has 0 aliphatic carbocycles. The van der Waals surface area contributed by atoms with Gasteiger partial charge in [0.25, 0.3) is 5.91 Å². The van der Waals surface area contributed by atoms with Gasteiger partial charge in [-0.1, -0.05) is 30.4 Å². The summed E-state index contributed by atoms with van der Waals surface area (Å²) >= 11 is 1.19. The van der Waals surface area contributed by atoms with Gasteiger partial charge in [0, 0.05) is 6.54 Å². The third-order valence-corrected chi connectivity index (χ3v) is 3.66. The van der Waals surface area contributed by atoms with E-state index in [0.29, 0.717) is 16.4 Å². The van der Waals surface area contributed by atoms with Gasteiger partial charge >= 0.3 is 0 Å². The highest BCUT2D eigenvalue weighted by molar-refractivity contribution is 7.17. The maximum Gasteiger partial charge on any atom is 0.286 e. The minimum Gasteiger partial charge on any atom is -0.360 e. The van der Waals surface area contributed by atoms with Crippen molar-refractivity contribution in [1.82, 2.24) is 10.2 Å². The number of carbonyl (C=O) groups excluding carboxylic acids is 1. The first kappa shape index (κ1) is 14.9.